The third kappa shape index (κ3) is 21.6. The minimum atomic E-state index is -0.0804. The summed E-state index contributed by atoms with van der Waals surface area (Å²) in [5.41, 5.74) is 1.30. The summed E-state index contributed by atoms with van der Waals surface area (Å²) in [6.07, 6.45) is 32.1. The first-order valence-corrected chi connectivity index (χ1v) is 20.0. The quantitative estimate of drug-likeness (QED) is 0.0614. The highest BCUT2D eigenvalue weighted by molar-refractivity contribution is 5.84. The monoisotopic (exact) mass is 679 g/mol. The maximum Gasteiger partial charge on any atom is 0.128 e. The number of phenolic OH excluding ortho intramolecular Hbond substituents is 2. The SMILES string of the molecule is CCCCCCCCCCCCCOc1ccc(C=NC[C@H](C)N=Cc2ccc(OCCCCCCCCCCCCC)cc2O)c(O)c1. The van der Waals surface area contributed by atoms with Crippen molar-refractivity contribution >= 4 is 12.4 Å². The highest BCUT2D eigenvalue weighted by atomic mass is 16.5. The van der Waals surface area contributed by atoms with Gasteiger partial charge in [-0.2, -0.15) is 0 Å². The maximum absolute atomic E-state index is 10.5. The molecule has 2 N–H and O–H groups in total. The molecule has 276 valence electrons. The minimum Gasteiger partial charge on any atom is -0.507 e. The predicted molar refractivity (Wildman–Crippen MR) is 210 cm³/mol. The highest BCUT2D eigenvalue weighted by Gasteiger charge is 2.05. The van der Waals surface area contributed by atoms with Crippen molar-refractivity contribution in [2.75, 3.05) is 19.8 Å². The minimum absolute atomic E-state index is 0.0804. The van der Waals surface area contributed by atoms with E-state index in [2.05, 4.69) is 23.8 Å². The lowest BCUT2D eigenvalue weighted by molar-refractivity contribution is 0.302. The van der Waals surface area contributed by atoms with Crippen LogP contribution in [0.2, 0.25) is 0 Å². The average molecular weight is 679 g/mol. The summed E-state index contributed by atoms with van der Waals surface area (Å²) in [6, 6.07) is 10.7. The largest absolute Gasteiger partial charge is 0.507 e. The van der Waals surface area contributed by atoms with Crippen molar-refractivity contribution in [2.24, 2.45) is 9.98 Å². The van der Waals surface area contributed by atoms with Crippen LogP contribution in [-0.2, 0) is 0 Å². The first kappa shape index (κ1) is 42.1. The molecule has 0 unspecified atom stereocenters. The third-order valence-electron chi connectivity index (χ3n) is 9.11. The number of hydrogen-bond donors (Lipinski definition) is 2. The molecule has 0 amide bonds. The van der Waals surface area contributed by atoms with Gasteiger partial charge in [-0.15, -0.1) is 0 Å². The van der Waals surface area contributed by atoms with E-state index in [4.69, 9.17) is 9.47 Å². The first-order valence-electron chi connectivity index (χ1n) is 20.0. The first-order chi connectivity index (χ1) is 24.0. The van der Waals surface area contributed by atoms with E-state index in [0.29, 0.717) is 42.4 Å². The Morgan fingerprint density at radius 3 is 1.29 bits per heavy atom. The van der Waals surface area contributed by atoms with Crippen molar-refractivity contribution in [3.8, 4) is 23.0 Å². The maximum atomic E-state index is 10.5. The van der Waals surface area contributed by atoms with Gasteiger partial charge in [-0.05, 0) is 44.0 Å². The number of aromatic hydroxyl groups is 2. The topological polar surface area (TPSA) is 83.6 Å². The summed E-state index contributed by atoms with van der Waals surface area (Å²) in [5.74, 6) is 1.69. The van der Waals surface area contributed by atoms with Gasteiger partial charge >= 0.3 is 0 Å². The Morgan fingerprint density at radius 1 is 0.531 bits per heavy atom. The zero-order valence-electron chi connectivity index (χ0n) is 31.5. The van der Waals surface area contributed by atoms with E-state index in [1.165, 1.54) is 128 Å². The lowest BCUT2D eigenvalue weighted by Gasteiger charge is -2.09. The van der Waals surface area contributed by atoms with Gasteiger partial charge in [0.05, 0.1) is 25.8 Å². The summed E-state index contributed by atoms with van der Waals surface area (Å²) < 4.78 is 11.7. The van der Waals surface area contributed by atoms with Gasteiger partial charge in [0, 0.05) is 35.7 Å². The molecule has 0 fully saturated rings. The van der Waals surface area contributed by atoms with Crippen LogP contribution in [0.3, 0.4) is 0 Å². The fraction of sp³-hybridized carbons (Fsp3) is 0.674. The summed E-state index contributed by atoms with van der Waals surface area (Å²) in [4.78, 5) is 9.03. The van der Waals surface area contributed by atoms with Crippen LogP contribution >= 0.6 is 0 Å². The second-order valence-electron chi connectivity index (χ2n) is 13.8. The Kier molecular flexibility index (Phi) is 24.8. The molecule has 0 aromatic heterocycles. The van der Waals surface area contributed by atoms with Crippen molar-refractivity contribution in [1.29, 1.82) is 0 Å². The fourth-order valence-electron chi connectivity index (χ4n) is 5.92. The molecule has 2 aromatic carbocycles. The molecule has 2 rings (SSSR count). The van der Waals surface area contributed by atoms with Gasteiger partial charge in [0.15, 0.2) is 0 Å². The molecule has 1 atom stereocenters. The van der Waals surface area contributed by atoms with E-state index in [9.17, 15) is 10.2 Å². The number of phenols is 2. The molecular formula is C43H70N2O4. The molecule has 2 aromatic rings. The molecular weight excluding hydrogens is 608 g/mol. The van der Waals surface area contributed by atoms with Crippen LogP contribution in [0.5, 0.6) is 23.0 Å². The van der Waals surface area contributed by atoms with Crippen LogP contribution in [0, 0.1) is 0 Å². The van der Waals surface area contributed by atoms with E-state index in [0.717, 1.165) is 12.8 Å². The molecule has 0 bridgehead atoms. The molecule has 49 heavy (non-hydrogen) atoms. The van der Waals surface area contributed by atoms with Crippen LogP contribution in [0.4, 0.5) is 0 Å². The summed E-state index contributed by atoms with van der Waals surface area (Å²) >= 11 is 0. The van der Waals surface area contributed by atoms with E-state index in [-0.39, 0.29) is 17.5 Å². The van der Waals surface area contributed by atoms with Crippen LogP contribution in [0.25, 0.3) is 0 Å². The van der Waals surface area contributed by atoms with Crippen LogP contribution < -0.4 is 9.47 Å². The summed E-state index contributed by atoms with van der Waals surface area (Å²) in [7, 11) is 0. The van der Waals surface area contributed by atoms with Gasteiger partial charge in [-0.1, -0.05) is 142 Å². The number of ether oxygens (including phenoxy) is 2. The molecule has 0 saturated heterocycles. The van der Waals surface area contributed by atoms with Gasteiger partial charge in [0.25, 0.3) is 0 Å². The third-order valence-corrected chi connectivity index (χ3v) is 9.11. The van der Waals surface area contributed by atoms with Crippen molar-refractivity contribution < 1.29 is 19.7 Å². The Balaban J connectivity index is 1.57. The van der Waals surface area contributed by atoms with Gasteiger partial charge in [0.2, 0.25) is 0 Å². The number of unbranched alkanes of at least 4 members (excludes halogenated alkanes) is 20. The highest BCUT2D eigenvalue weighted by Crippen LogP contribution is 2.24. The van der Waals surface area contributed by atoms with E-state index in [1.54, 1.807) is 24.6 Å². The molecule has 0 spiro atoms. The lowest BCUT2D eigenvalue weighted by Crippen LogP contribution is -2.04. The van der Waals surface area contributed by atoms with Gasteiger partial charge < -0.3 is 19.7 Å². The van der Waals surface area contributed by atoms with Crippen molar-refractivity contribution in [1.82, 2.24) is 0 Å². The molecule has 0 aliphatic heterocycles. The van der Waals surface area contributed by atoms with Crippen molar-refractivity contribution in [3.05, 3.63) is 47.5 Å². The van der Waals surface area contributed by atoms with E-state index < -0.39 is 0 Å². The smallest absolute Gasteiger partial charge is 0.128 e. The van der Waals surface area contributed by atoms with E-state index >= 15 is 0 Å². The Labute approximate surface area is 299 Å². The van der Waals surface area contributed by atoms with Crippen LogP contribution in [0.1, 0.15) is 173 Å². The second kappa shape index (κ2) is 28.8. The van der Waals surface area contributed by atoms with Crippen molar-refractivity contribution in [3.63, 3.8) is 0 Å². The number of rotatable bonds is 31. The van der Waals surface area contributed by atoms with Crippen LogP contribution in [0.15, 0.2) is 46.4 Å². The van der Waals surface area contributed by atoms with E-state index in [1.807, 2.05) is 31.2 Å². The van der Waals surface area contributed by atoms with Crippen molar-refractivity contribution in [2.45, 2.75) is 168 Å². The van der Waals surface area contributed by atoms with Gasteiger partial charge in [-0.3, -0.25) is 9.98 Å². The number of hydrogen-bond acceptors (Lipinski definition) is 6. The molecule has 0 radical (unpaired) electrons. The average Bonchev–Trinajstić information content (AvgIpc) is 3.09. The predicted octanol–water partition coefficient (Wildman–Crippen LogP) is 12.4. The Bertz CT molecular complexity index is 1150. The second-order valence-corrected chi connectivity index (χ2v) is 13.8. The number of nitrogens with zero attached hydrogens (tertiary/aromatic N) is 2. The Hall–Kier alpha value is -3.02. The number of benzene rings is 2. The zero-order chi connectivity index (χ0) is 35.2. The Morgan fingerprint density at radius 2 is 0.898 bits per heavy atom. The van der Waals surface area contributed by atoms with Crippen LogP contribution in [-0.4, -0.2) is 48.4 Å². The normalized spacial score (nSPS) is 12.3. The molecule has 0 aliphatic carbocycles. The van der Waals surface area contributed by atoms with Gasteiger partial charge in [0.1, 0.15) is 23.0 Å². The summed E-state index contributed by atoms with van der Waals surface area (Å²) in [5, 5.41) is 20.9. The molecule has 0 aliphatic rings. The fourth-order valence-corrected chi connectivity index (χ4v) is 5.92. The molecule has 0 saturated carbocycles. The molecule has 6 heteroatoms. The summed E-state index contributed by atoms with van der Waals surface area (Å²) in [6.45, 7) is 8.31. The standard InChI is InChI=1S/C43H70N2O4/c1-4-6-8-10-12-14-16-18-20-22-24-30-48-40-28-26-38(42(46)32-40)35-44-34-37(3)45-36-39-27-29-41(33-43(39)47)49-31-25-23-21-19-17-15-13-11-9-7-5-2/h26-29,32-33,35-37,46-47H,4-25,30-31,34H2,1-3H3/t37-/m0/s1. The zero-order valence-corrected chi connectivity index (χ0v) is 31.5. The molecule has 0 heterocycles. The molecule has 6 nitrogen and oxygen atoms in total. The number of aliphatic imine (C=N–C) groups is 2. The lowest BCUT2D eigenvalue weighted by atomic mass is 10.1. The van der Waals surface area contributed by atoms with Gasteiger partial charge in [-0.25, -0.2) is 0 Å².